The minimum Gasteiger partial charge on any atom is -0.357 e. The molecule has 7 heteroatoms. The Balaban J connectivity index is 0.00000261. The molecular formula is C20H29IN6. The van der Waals surface area contributed by atoms with Crippen LogP contribution in [0.4, 0.5) is 0 Å². The molecule has 1 aromatic carbocycles. The maximum absolute atomic E-state index is 4.69. The number of guanidine groups is 1. The summed E-state index contributed by atoms with van der Waals surface area (Å²) in [5.41, 5.74) is 1.29. The first kappa shape index (κ1) is 21.3. The molecule has 2 heterocycles. The van der Waals surface area contributed by atoms with Gasteiger partial charge in [-0.2, -0.15) is 5.10 Å². The molecule has 0 unspecified atom stereocenters. The Morgan fingerprint density at radius 3 is 2.74 bits per heavy atom. The second-order valence-corrected chi connectivity index (χ2v) is 6.23. The number of benzene rings is 1. The largest absolute Gasteiger partial charge is 0.357 e. The molecule has 0 amide bonds. The van der Waals surface area contributed by atoms with Gasteiger partial charge in [-0.15, -0.1) is 24.0 Å². The van der Waals surface area contributed by atoms with Crippen molar-refractivity contribution in [3.63, 3.8) is 0 Å². The average Bonchev–Trinajstić information content (AvgIpc) is 3.32. The molecule has 2 N–H and O–H groups in total. The normalized spacial score (nSPS) is 11.4. The Bertz CT molecular complexity index is 809. The molecule has 3 rings (SSSR count). The number of fused-ring (bicyclic) bond motifs is 1. The zero-order valence-corrected chi connectivity index (χ0v) is 18.2. The standard InChI is InChI=1S/C20H28N6.HI/c1-2-21-20(23-12-6-15-26-16-7-13-24-26)22-11-5-14-25-17-10-18-8-3-4-9-19(18)25;/h3-4,7-10,13,16-17H,2,5-6,11-12,14-15H2,1H3,(H2,21,22,23);1H. The van der Waals surface area contributed by atoms with Gasteiger partial charge in [-0.05, 0) is 43.4 Å². The Hall–Kier alpha value is -2.03. The van der Waals surface area contributed by atoms with Crippen molar-refractivity contribution in [1.82, 2.24) is 25.0 Å². The highest BCUT2D eigenvalue weighted by atomic mass is 127. The van der Waals surface area contributed by atoms with Crippen molar-refractivity contribution < 1.29 is 0 Å². The smallest absolute Gasteiger partial charge is 0.191 e. The topological polar surface area (TPSA) is 59.2 Å². The van der Waals surface area contributed by atoms with Crippen molar-refractivity contribution >= 4 is 40.8 Å². The second kappa shape index (κ2) is 11.6. The molecule has 0 aliphatic heterocycles. The molecule has 0 aliphatic rings. The number of hydrogen-bond donors (Lipinski definition) is 2. The highest BCUT2D eigenvalue weighted by Gasteiger charge is 2.00. The van der Waals surface area contributed by atoms with Crippen molar-refractivity contribution in [3.05, 3.63) is 55.0 Å². The SMILES string of the molecule is CCNC(=NCCCn1ccc2ccccc21)NCCCn1cccn1.I. The molecule has 0 spiro atoms. The summed E-state index contributed by atoms with van der Waals surface area (Å²) in [6, 6.07) is 12.6. The summed E-state index contributed by atoms with van der Waals surface area (Å²) in [6.07, 6.45) is 7.99. The number of hydrogen-bond acceptors (Lipinski definition) is 2. The van der Waals surface area contributed by atoms with Gasteiger partial charge in [0.25, 0.3) is 0 Å². The van der Waals surface area contributed by atoms with E-state index in [0.717, 1.165) is 51.5 Å². The van der Waals surface area contributed by atoms with Gasteiger partial charge in [0.05, 0.1) is 0 Å². The van der Waals surface area contributed by atoms with E-state index < -0.39 is 0 Å². The number of aromatic nitrogens is 3. The number of halogens is 1. The zero-order chi connectivity index (χ0) is 18.0. The minimum absolute atomic E-state index is 0. The van der Waals surface area contributed by atoms with Crippen LogP contribution in [0.2, 0.25) is 0 Å². The van der Waals surface area contributed by atoms with Gasteiger partial charge < -0.3 is 15.2 Å². The highest BCUT2D eigenvalue weighted by molar-refractivity contribution is 14.0. The lowest BCUT2D eigenvalue weighted by molar-refractivity contribution is 0.570. The number of nitrogens with one attached hydrogen (secondary N) is 2. The molecule has 0 fully saturated rings. The molecule has 3 aromatic rings. The fourth-order valence-electron chi connectivity index (χ4n) is 2.99. The van der Waals surface area contributed by atoms with Crippen LogP contribution in [0, 0.1) is 0 Å². The third-order valence-corrected chi connectivity index (χ3v) is 4.27. The first-order valence-electron chi connectivity index (χ1n) is 9.40. The van der Waals surface area contributed by atoms with Gasteiger partial charge in [-0.1, -0.05) is 18.2 Å². The van der Waals surface area contributed by atoms with Crippen LogP contribution in [-0.2, 0) is 13.1 Å². The Labute approximate surface area is 178 Å². The van der Waals surface area contributed by atoms with E-state index >= 15 is 0 Å². The fraction of sp³-hybridized carbons (Fsp3) is 0.400. The van der Waals surface area contributed by atoms with Crippen LogP contribution < -0.4 is 10.6 Å². The van der Waals surface area contributed by atoms with Crippen molar-refractivity contribution in [2.75, 3.05) is 19.6 Å². The van der Waals surface area contributed by atoms with Gasteiger partial charge >= 0.3 is 0 Å². The molecule has 0 aliphatic carbocycles. The van der Waals surface area contributed by atoms with E-state index in [1.165, 1.54) is 10.9 Å². The van der Waals surface area contributed by atoms with Gasteiger partial charge in [0.1, 0.15) is 0 Å². The number of aryl methyl sites for hydroxylation is 2. The lowest BCUT2D eigenvalue weighted by atomic mass is 10.2. The van der Waals surface area contributed by atoms with Crippen LogP contribution in [0.1, 0.15) is 19.8 Å². The Morgan fingerprint density at radius 1 is 1.04 bits per heavy atom. The third kappa shape index (κ3) is 6.57. The van der Waals surface area contributed by atoms with Crippen molar-refractivity contribution in [2.45, 2.75) is 32.9 Å². The molecular weight excluding hydrogens is 451 g/mol. The van der Waals surface area contributed by atoms with E-state index in [1.54, 1.807) is 0 Å². The second-order valence-electron chi connectivity index (χ2n) is 6.23. The van der Waals surface area contributed by atoms with E-state index in [9.17, 15) is 0 Å². The maximum atomic E-state index is 4.69. The molecule has 6 nitrogen and oxygen atoms in total. The predicted octanol–water partition coefficient (Wildman–Crippen LogP) is 3.49. The van der Waals surface area contributed by atoms with Crippen molar-refractivity contribution in [2.24, 2.45) is 4.99 Å². The average molecular weight is 480 g/mol. The van der Waals surface area contributed by atoms with Crippen LogP contribution in [0.3, 0.4) is 0 Å². The summed E-state index contributed by atoms with van der Waals surface area (Å²) in [7, 11) is 0. The summed E-state index contributed by atoms with van der Waals surface area (Å²) in [4.78, 5) is 4.69. The Kier molecular flexibility index (Phi) is 9.17. The minimum atomic E-state index is 0. The van der Waals surface area contributed by atoms with Gasteiger partial charge in [0.2, 0.25) is 0 Å². The summed E-state index contributed by atoms with van der Waals surface area (Å²) in [6.45, 7) is 6.55. The monoisotopic (exact) mass is 480 g/mol. The molecule has 0 radical (unpaired) electrons. The van der Waals surface area contributed by atoms with Gasteiger partial charge in [-0.3, -0.25) is 9.67 Å². The summed E-state index contributed by atoms with van der Waals surface area (Å²) < 4.78 is 4.25. The van der Waals surface area contributed by atoms with Crippen molar-refractivity contribution in [1.29, 1.82) is 0 Å². The molecule has 2 aromatic heterocycles. The molecule has 0 saturated heterocycles. The maximum Gasteiger partial charge on any atom is 0.191 e. The van der Waals surface area contributed by atoms with Gasteiger partial charge in [0.15, 0.2) is 5.96 Å². The quantitative estimate of drug-likeness (QED) is 0.213. The fourth-order valence-corrected chi connectivity index (χ4v) is 2.99. The van der Waals surface area contributed by atoms with Crippen LogP contribution >= 0.6 is 24.0 Å². The number of rotatable bonds is 9. The molecule has 0 atom stereocenters. The van der Waals surface area contributed by atoms with E-state index in [2.05, 4.69) is 68.7 Å². The summed E-state index contributed by atoms with van der Waals surface area (Å²) in [5, 5.41) is 12.2. The highest BCUT2D eigenvalue weighted by Crippen LogP contribution is 2.15. The lowest BCUT2D eigenvalue weighted by Gasteiger charge is -2.11. The first-order chi connectivity index (χ1) is 12.9. The number of aliphatic imine (C=N–C) groups is 1. The van der Waals surface area contributed by atoms with E-state index in [4.69, 9.17) is 0 Å². The van der Waals surface area contributed by atoms with Crippen molar-refractivity contribution in [3.8, 4) is 0 Å². The summed E-state index contributed by atoms with van der Waals surface area (Å²) >= 11 is 0. The number of para-hydroxylation sites is 1. The molecule has 0 saturated carbocycles. The van der Waals surface area contributed by atoms with Gasteiger partial charge in [-0.25, -0.2) is 0 Å². The third-order valence-electron chi connectivity index (χ3n) is 4.27. The van der Waals surface area contributed by atoms with E-state index in [1.807, 2.05) is 23.1 Å². The van der Waals surface area contributed by atoms with Crippen LogP contribution in [0.5, 0.6) is 0 Å². The van der Waals surface area contributed by atoms with Gasteiger partial charge in [0, 0.05) is 56.8 Å². The number of nitrogens with zero attached hydrogens (tertiary/aromatic N) is 4. The van der Waals surface area contributed by atoms with E-state index in [0.29, 0.717) is 0 Å². The van der Waals surface area contributed by atoms with Crippen LogP contribution in [0.25, 0.3) is 10.9 Å². The molecule has 146 valence electrons. The zero-order valence-electron chi connectivity index (χ0n) is 15.8. The molecule has 0 bridgehead atoms. The van der Waals surface area contributed by atoms with E-state index in [-0.39, 0.29) is 24.0 Å². The Morgan fingerprint density at radius 2 is 1.93 bits per heavy atom. The molecule has 27 heavy (non-hydrogen) atoms. The summed E-state index contributed by atoms with van der Waals surface area (Å²) in [5.74, 6) is 0.894. The predicted molar refractivity (Wildman–Crippen MR) is 123 cm³/mol. The van der Waals surface area contributed by atoms with Crippen LogP contribution in [-0.4, -0.2) is 39.9 Å². The van der Waals surface area contributed by atoms with Crippen LogP contribution in [0.15, 0.2) is 60.0 Å². The lowest BCUT2D eigenvalue weighted by Crippen LogP contribution is -2.38. The first-order valence-corrected chi connectivity index (χ1v) is 9.40.